The van der Waals surface area contributed by atoms with Gasteiger partial charge in [0.2, 0.25) is 0 Å². The van der Waals surface area contributed by atoms with Crippen LogP contribution in [-0.2, 0) is 12.3 Å². The van der Waals surface area contributed by atoms with E-state index in [1.54, 1.807) is 29.0 Å². The predicted molar refractivity (Wildman–Crippen MR) is 117 cm³/mol. The number of aryl methyl sites for hydroxylation is 1. The minimum Gasteiger partial charge on any atom is -0.360 e. The second-order valence-corrected chi connectivity index (χ2v) is 7.86. The molecule has 9 heteroatoms. The van der Waals surface area contributed by atoms with Crippen molar-refractivity contribution in [1.29, 1.82) is 0 Å². The molecule has 156 valence electrons. The largest absolute Gasteiger partial charge is 0.360 e. The van der Waals surface area contributed by atoms with Gasteiger partial charge in [-0.1, -0.05) is 59.4 Å². The molecule has 4 aromatic rings. The van der Waals surface area contributed by atoms with Gasteiger partial charge in [0, 0.05) is 30.0 Å². The fourth-order valence-electron chi connectivity index (χ4n) is 3.06. The molecule has 2 aromatic heterocycles. The maximum absolute atomic E-state index is 12.4. The minimum atomic E-state index is -0.450. The first-order chi connectivity index (χ1) is 15.0. The predicted octanol–water partition coefficient (Wildman–Crippen LogP) is 4.46. The van der Waals surface area contributed by atoms with Crippen LogP contribution in [0.2, 0.25) is 0 Å². The molecule has 0 saturated heterocycles. The van der Waals surface area contributed by atoms with Crippen LogP contribution >= 0.6 is 11.8 Å². The number of rotatable bonds is 7. The summed E-state index contributed by atoms with van der Waals surface area (Å²) in [6.45, 7) is 2.37. The van der Waals surface area contributed by atoms with Crippen molar-refractivity contribution in [3.63, 3.8) is 0 Å². The van der Waals surface area contributed by atoms with Crippen LogP contribution in [0.5, 0.6) is 0 Å². The molecule has 0 aliphatic rings. The lowest BCUT2D eigenvalue weighted by atomic mass is 10.1. The Kier molecular flexibility index (Phi) is 5.94. The summed E-state index contributed by atoms with van der Waals surface area (Å²) in [4.78, 5) is 27.2. The topological polar surface area (TPSA) is 104 Å². The Balaban J connectivity index is 1.46. The first kappa shape index (κ1) is 20.5. The lowest BCUT2D eigenvalue weighted by Crippen LogP contribution is -2.24. The molecule has 0 unspecified atom stereocenters. The molecule has 0 spiro atoms. The Labute approximate surface area is 181 Å². The number of non-ortho nitro benzene ring substituents is 1. The molecular weight excluding hydrogens is 416 g/mol. The first-order valence-corrected chi connectivity index (χ1v) is 10.4. The van der Waals surface area contributed by atoms with Crippen LogP contribution in [0, 0.1) is 17.0 Å². The molecule has 0 aliphatic heterocycles. The van der Waals surface area contributed by atoms with E-state index < -0.39 is 4.92 Å². The molecule has 0 N–H and O–H groups in total. The molecule has 0 amide bonds. The van der Waals surface area contributed by atoms with Gasteiger partial charge in [-0.05, 0) is 18.1 Å². The van der Waals surface area contributed by atoms with Crippen LogP contribution in [-0.4, -0.2) is 19.6 Å². The second-order valence-electron chi connectivity index (χ2n) is 6.90. The maximum Gasteiger partial charge on any atom is 0.348 e. The zero-order chi connectivity index (χ0) is 21.8. The number of nitro benzene ring substituents is 1. The Morgan fingerprint density at radius 1 is 1.13 bits per heavy atom. The van der Waals surface area contributed by atoms with Crippen LogP contribution in [0.3, 0.4) is 0 Å². The molecule has 2 heterocycles. The van der Waals surface area contributed by atoms with Crippen LogP contribution < -0.4 is 5.69 Å². The second kappa shape index (κ2) is 8.97. The average Bonchev–Trinajstić information content (AvgIpc) is 3.25. The van der Waals surface area contributed by atoms with E-state index >= 15 is 0 Å². The molecule has 0 bridgehead atoms. The van der Waals surface area contributed by atoms with Crippen LogP contribution in [0.4, 0.5) is 5.69 Å². The van der Waals surface area contributed by atoms with Crippen molar-refractivity contribution < 1.29 is 9.45 Å². The summed E-state index contributed by atoms with van der Waals surface area (Å²) in [6.07, 6.45) is 1.81. The van der Waals surface area contributed by atoms with Gasteiger partial charge < -0.3 is 4.52 Å². The highest BCUT2D eigenvalue weighted by Gasteiger charge is 2.13. The Hall–Kier alpha value is -3.72. The van der Waals surface area contributed by atoms with Crippen molar-refractivity contribution in [1.82, 2.24) is 14.7 Å². The van der Waals surface area contributed by atoms with Crippen molar-refractivity contribution in [3.05, 3.63) is 104 Å². The van der Waals surface area contributed by atoms with Crippen molar-refractivity contribution >= 4 is 17.4 Å². The Morgan fingerprint density at radius 2 is 1.94 bits per heavy atom. The van der Waals surface area contributed by atoms with E-state index in [4.69, 9.17) is 4.52 Å². The van der Waals surface area contributed by atoms with E-state index in [9.17, 15) is 14.9 Å². The molecule has 31 heavy (non-hydrogen) atoms. The summed E-state index contributed by atoms with van der Waals surface area (Å²) in [6, 6.07) is 17.7. The van der Waals surface area contributed by atoms with E-state index in [-0.39, 0.29) is 11.4 Å². The van der Waals surface area contributed by atoms with Gasteiger partial charge in [0.15, 0.2) is 0 Å². The SMILES string of the molecule is Cc1cn(Cc2ccccc2)c(=O)nc1SCc1cc(-c2cccc([N+](=O)[O-])c2)no1. The van der Waals surface area contributed by atoms with Gasteiger partial charge in [0.05, 0.1) is 17.2 Å². The summed E-state index contributed by atoms with van der Waals surface area (Å²) in [5, 5.41) is 15.6. The summed E-state index contributed by atoms with van der Waals surface area (Å²) < 4.78 is 6.95. The average molecular weight is 434 g/mol. The van der Waals surface area contributed by atoms with Gasteiger partial charge in [0.25, 0.3) is 5.69 Å². The third-order valence-electron chi connectivity index (χ3n) is 4.59. The van der Waals surface area contributed by atoms with Crippen LogP contribution in [0.1, 0.15) is 16.9 Å². The molecule has 0 atom stereocenters. The molecule has 0 aliphatic carbocycles. The standard InChI is InChI=1S/C22H18N4O4S/c1-15-12-25(13-16-6-3-2-4-7-16)22(27)23-21(15)31-14-19-11-20(24-30-19)17-8-5-9-18(10-17)26(28)29/h2-12H,13-14H2,1H3. The zero-order valence-electron chi connectivity index (χ0n) is 16.6. The van der Waals surface area contributed by atoms with E-state index in [0.717, 1.165) is 11.1 Å². The first-order valence-electron chi connectivity index (χ1n) is 9.45. The van der Waals surface area contributed by atoms with Crippen LogP contribution in [0.15, 0.2) is 81.2 Å². The fraction of sp³-hybridized carbons (Fsp3) is 0.136. The van der Waals surface area contributed by atoms with E-state index in [2.05, 4.69) is 10.1 Å². The number of benzene rings is 2. The van der Waals surface area contributed by atoms with Crippen molar-refractivity contribution in [2.75, 3.05) is 0 Å². The number of nitrogens with zero attached hydrogens (tertiary/aromatic N) is 4. The summed E-state index contributed by atoms with van der Waals surface area (Å²) in [5.74, 6) is 1.01. The number of hydrogen-bond donors (Lipinski definition) is 0. The summed E-state index contributed by atoms with van der Waals surface area (Å²) in [5.41, 5.74) is 2.72. The normalized spacial score (nSPS) is 10.9. The third kappa shape index (κ3) is 4.89. The number of nitro groups is 1. The third-order valence-corrected chi connectivity index (χ3v) is 5.70. The Morgan fingerprint density at radius 3 is 2.71 bits per heavy atom. The number of thioether (sulfide) groups is 1. The van der Waals surface area contributed by atoms with E-state index in [1.807, 2.05) is 37.3 Å². The highest BCUT2D eigenvalue weighted by molar-refractivity contribution is 7.98. The Bertz CT molecular complexity index is 1280. The number of hydrogen-bond acceptors (Lipinski definition) is 7. The van der Waals surface area contributed by atoms with Gasteiger partial charge >= 0.3 is 5.69 Å². The van der Waals surface area contributed by atoms with E-state index in [1.165, 1.54) is 23.9 Å². The van der Waals surface area contributed by atoms with Gasteiger partial charge in [-0.2, -0.15) is 4.98 Å². The fourth-order valence-corrected chi connectivity index (χ4v) is 3.90. The molecular formula is C22H18N4O4S. The van der Waals surface area contributed by atoms with E-state index in [0.29, 0.717) is 34.3 Å². The van der Waals surface area contributed by atoms with Gasteiger partial charge in [-0.15, -0.1) is 0 Å². The minimum absolute atomic E-state index is 0.00711. The van der Waals surface area contributed by atoms with Crippen molar-refractivity contribution in [2.24, 2.45) is 0 Å². The maximum atomic E-state index is 12.4. The molecule has 0 radical (unpaired) electrons. The summed E-state index contributed by atoms with van der Waals surface area (Å²) in [7, 11) is 0. The molecule has 8 nitrogen and oxygen atoms in total. The van der Waals surface area contributed by atoms with Gasteiger partial charge in [-0.25, -0.2) is 4.79 Å². The highest BCUT2D eigenvalue weighted by Crippen LogP contribution is 2.27. The van der Waals surface area contributed by atoms with Gasteiger partial charge in [0.1, 0.15) is 16.5 Å². The molecule has 2 aromatic carbocycles. The van der Waals surface area contributed by atoms with Gasteiger partial charge in [-0.3, -0.25) is 14.7 Å². The molecule has 0 fully saturated rings. The lowest BCUT2D eigenvalue weighted by Gasteiger charge is -2.09. The quantitative estimate of drug-likeness (QED) is 0.183. The molecule has 4 rings (SSSR count). The van der Waals surface area contributed by atoms with Crippen molar-refractivity contribution in [2.45, 2.75) is 24.2 Å². The highest BCUT2D eigenvalue weighted by atomic mass is 32.2. The monoisotopic (exact) mass is 434 g/mol. The number of aromatic nitrogens is 3. The van der Waals surface area contributed by atoms with Crippen LogP contribution in [0.25, 0.3) is 11.3 Å². The smallest absolute Gasteiger partial charge is 0.348 e. The zero-order valence-corrected chi connectivity index (χ0v) is 17.4. The summed E-state index contributed by atoms with van der Waals surface area (Å²) >= 11 is 1.38. The lowest BCUT2D eigenvalue weighted by molar-refractivity contribution is -0.384. The molecule has 0 saturated carbocycles. The van der Waals surface area contributed by atoms with Crippen molar-refractivity contribution in [3.8, 4) is 11.3 Å².